The number of hydrogen-bond acceptors (Lipinski definition) is 10. The second-order valence-corrected chi connectivity index (χ2v) is 21.9. The number of phosphoric acid groups is 1. The van der Waals surface area contributed by atoms with Crippen LogP contribution in [0.2, 0.25) is 0 Å². The molecule has 0 aromatic rings. The van der Waals surface area contributed by atoms with Crippen molar-refractivity contribution in [1.29, 1.82) is 0 Å². The lowest BCUT2D eigenvalue weighted by molar-refractivity contribution is -0.161. The Balaban J connectivity index is 4.75. The van der Waals surface area contributed by atoms with Gasteiger partial charge in [0.2, 0.25) is 0 Å². The summed E-state index contributed by atoms with van der Waals surface area (Å²) in [6, 6.07) is 0. The molecule has 0 saturated heterocycles. The maximum absolute atomic E-state index is 12.9. The van der Waals surface area contributed by atoms with Gasteiger partial charge in [-0.2, -0.15) is 0 Å². The van der Waals surface area contributed by atoms with E-state index in [9.17, 15) is 28.9 Å². The summed E-state index contributed by atoms with van der Waals surface area (Å²) in [5.74, 6) is -1.50. The number of rotatable bonds is 57. The van der Waals surface area contributed by atoms with E-state index in [4.69, 9.17) is 23.3 Å². The number of allylic oxidation sites excluding steroid dienone is 16. The van der Waals surface area contributed by atoms with Crippen LogP contribution in [-0.2, 0) is 42.2 Å². The van der Waals surface area contributed by atoms with Crippen LogP contribution < -0.4 is 0 Å². The Morgan fingerprint density at radius 1 is 0.372 bits per heavy atom. The number of esters is 3. The van der Waals surface area contributed by atoms with Crippen molar-refractivity contribution in [2.24, 2.45) is 0 Å². The van der Waals surface area contributed by atoms with E-state index in [1.54, 1.807) is 0 Å². The van der Waals surface area contributed by atoms with Crippen molar-refractivity contribution in [3.05, 3.63) is 97.2 Å². The predicted molar refractivity (Wildman–Crippen MR) is 325 cm³/mol. The first-order valence-electron chi connectivity index (χ1n) is 31.1. The lowest BCUT2D eigenvalue weighted by Gasteiger charge is -2.21. The second-order valence-electron chi connectivity index (χ2n) is 20.5. The van der Waals surface area contributed by atoms with E-state index in [2.05, 4.69) is 118 Å². The number of hydrogen-bond donors (Lipinski definition) is 2. The summed E-state index contributed by atoms with van der Waals surface area (Å²) in [7, 11) is -4.77. The van der Waals surface area contributed by atoms with Gasteiger partial charge in [0, 0.05) is 19.3 Å². The zero-order chi connectivity index (χ0) is 56.9. The van der Waals surface area contributed by atoms with Crippen molar-refractivity contribution in [2.45, 2.75) is 277 Å². The van der Waals surface area contributed by atoms with Gasteiger partial charge in [0.25, 0.3) is 0 Å². The van der Waals surface area contributed by atoms with Gasteiger partial charge in [0.1, 0.15) is 12.7 Å². The fourth-order valence-corrected chi connectivity index (χ4v) is 9.01. The van der Waals surface area contributed by atoms with Crippen LogP contribution in [-0.4, -0.2) is 66.5 Å². The first kappa shape index (κ1) is 74.4. The summed E-state index contributed by atoms with van der Waals surface area (Å²) in [6.45, 7) is 4.46. The molecule has 3 atom stereocenters. The molecule has 0 aliphatic rings. The number of aliphatic hydroxyl groups excluding tert-OH is 1. The molecule has 0 heterocycles. The maximum Gasteiger partial charge on any atom is 0.472 e. The zero-order valence-corrected chi connectivity index (χ0v) is 50.5. The zero-order valence-electron chi connectivity index (χ0n) is 49.6. The van der Waals surface area contributed by atoms with Gasteiger partial charge in [-0.1, -0.05) is 221 Å². The van der Waals surface area contributed by atoms with Crippen LogP contribution in [0, 0.1) is 0 Å². The smallest absolute Gasteiger partial charge is 0.462 e. The number of phosphoric ester groups is 1. The Morgan fingerprint density at radius 3 is 1.03 bits per heavy atom. The van der Waals surface area contributed by atoms with Crippen LogP contribution in [0.4, 0.5) is 0 Å². The van der Waals surface area contributed by atoms with E-state index in [0.29, 0.717) is 19.3 Å². The minimum Gasteiger partial charge on any atom is -0.462 e. The summed E-state index contributed by atoms with van der Waals surface area (Å²) >= 11 is 0. The lowest BCUT2D eigenvalue weighted by atomic mass is 10.1. The molecule has 0 aromatic heterocycles. The van der Waals surface area contributed by atoms with Crippen molar-refractivity contribution in [2.75, 3.05) is 26.4 Å². The Kier molecular flexibility index (Phi) is 56.8. The van der Waals surface area contributed by atoms with Crippen LogP contribution in [0.1, 0.15) is 265 Å². The van der Waals surface area contributed by atoms with Gasteiger partial charge in [-0.3, -0.25) is 23.4 Å². The number of carbonyl (C=O) groups excluding carboxylic acids is 3. The van der Waals surface area contributed by atoms with Gasteiger partial charge in [-0.05, 0) is 122 Å². The first-order valence-corrected chi connectivity index (χ1v) is 32.6. The third-order valence-corrected chi connectivity index (χ3v) is 13.9. The highest BCUT2D eigenvalue weighted by Crippen LogP contribution is 2.43. The number of ether oxygens (including phenoxy) is 3. The van der Waals surface area contributed by atoms with Crippen molar-refractivity contribution < 1.29 is 52.2 Å². The Hall–Kier alpha value is -3.60. The molecule has 12 heteroatoms. The van der Waals surface area contributed by atoms with Crippen molar-refractivity contribution in [3.63, 3.8) is 0 Å². The largest absolute Gasteiger partial charge is 0.472 e. The first-order chi connectivity index (χ1) is 38.2. The quantitative estimate of drug-likeness (QED) is 0.0197. The molecule has 0 radical (unpaired) electrons. The van der Waals surface area contributed by atoms with Gasteiger partial charge in [-0.25, -0.2) is 4.57 Å². The monoisotopic (exact) mass is 1110 g/mol. The molecule has 0 fully saturated rings. The molecule has 0 saturated carbocycles. The highest BCUT2D eigenvalue weighted by Gasteiger charge is 2.28. The molecule has 0 aliphatic carbocycles. The van der Waals surface area contributed by atoms with Gasteiger partial charge < -0.3 is 24.2 Å². The topological polar surface area (TPSA) is 155 Å². The Labute approximate surface area is 476 Å². The molecule has 0 rings (SSSR count). The lowest BCUT2D eigenvalue weighted by Crippen LogP contribution is -2.30. The summed E-state index contributed by atoms with van der Waals surface area (Å²) in [6.07, 6.45) is 70.6. The standard InChI is InChI=1S/C66H113O11P/c1-4-7-10-13-16-19-22-25-28-30-31-33-36-39-42-45-48-51-54-57-66(70)77-63(59-73-64(68)55-52-49-46-43-40-37-34-27-24-21-18-15-12-9-6-3)61-75-78(71,72)74-60-62(58-67)76-65(69)56-53-50-47-44-41-38-35-32-29-26-23-20-17-14-11-8-5-2/h8,11,16-21,25-29,31,33-34,62-63,67H,4-7,9-10,12-15,22-24,30,32,35-61H2,1-3H3,(H,71,72)/b11-8-,19-16-,20-17-,21-18-,28-25-,29-26-,33-31-,34-27-. The van der Waals surface area contributed by atoms with E-state index in [1.807, 2.05) is 0 Å². The predicted octanol–water partition coefficient (Wildman–Crippen LogP) is 18.8. The van der Waals surface area contributed by atoms with Crippen molar-refractivity contribution in [1.82, 2.24) is 0 Å². The SMILES string of the molecule is CC/C=C\C/C=C\C/C=C\CCCCCCCCCC(=O)OC(CO)COP(=O)(O)OCC(COC(=O)CCCCCCC/C=C\C/C=C\CCCCC)OC(=O)CCCCCCCC/C=C\C/C=C\C/C=C\CCCCC. The molecule has 0 aliphatic heterocycles. The molecule has 0 aromatic carbocycles. The van der Waals surface area contributed by atoms with Crippen LogP contribution in [0.3, 0.4) is 0 Å². The van der Waals surface area contributed by atoms with Crippen LogP contribution in [0.15, 0.2) is 97.2 Å². The highest BCUT2D eigenvalue weighted by molar-refractivity contribution is 7.47. The van der Waals surface area contributed by atoms with Gasteiger partial charge in [0.15, 0.2) is 6.10 Å². The average Bonchev–Trinajstić information content (AvgIpc) is 3.43. The van der Waals surface area contributed by atoms with Gasteiger partial charge >= 0.3 is 25.7 Å². The molecular formula is C66H113O11P. The van der Waals surface area contributed by atoms with Gasteiger partial charge in [-0.15, -0.1) is 0 Å². The van der Waals surface area contributed by atoms with Crippen LogP contribution in [0.25, 0.3) is 0 Å². The van der Waals surface area contributed by atoms with E-state index in [0.717, 1.165) is 148 Å². The molecule has 3 unspecified atom stereocenters. The fraction of sp³-hybridized carbons (Fsp3) is 0.712. The molecular weight excluding hydrogens is 1000 g/mol. The normalized spacial score (nSPS) is 14.0. The van der Waals surface area contributed by atoms with Crippen molar-refractivity contribution in [3.8, 4) is 0 Å². The summed E-state index contributed by atoms with van der Waals surface area (Å²) in [5, 5.41) is 9.84. The molecule has 11 nitrogen and oxygen atoms in total. The van der Waals surface area contributed by atoms with E-state index >= 15 is 0 Å². The summed E-state index contributed by atoms with van der Waals surface area (Å²) in [5.41, 5.74) is 0. The maximum atomic E-state index is 12.9. The minimum atomic E-state index is -4.77. The minimum absolute atomic E-state index is 0.146. The third-order valence-electron chi connectivity index (χ3n) is 13.0. The molecule has 0 spiro atoms. The Bertz CT molecular complexity index is 1680. The van der Waals surface area contributed by atoms with E-state index in [1.165, 1.54) is 57.8 Å². The molecule has 448 valence electrons. The summed E-state index contributed by atoms with van der Waals surface area (Å²) in [4.78, 5) is 48.7. The third kappa shape index (κ3) is 57.1. The van der Waals surface area contributed by atoms with E-state index in [-0.39, 0.29) is 25.9 Å². The number of unbranched alkanes of at least 4 members (excludes halogenated alkanes) is 24. The van der Waals surface area contributed by atoms with Crippen LogP contribution >= 0.6 is 7.82 Å². The highest BCUT2D eigenvalue weighted by atomic mass is 31.2. The van der Waals surface area contributed by atoms with Gasteiger partial charge in [0.05, 0.1) is 19.8 Å². The molecule has 0 bridgehead atoms. The van der Waals surface area contributed by atoms with Crippen LogP contribution in [0.5, 0.6) is 0 Å². The average molecular weight is 1110 g/mol. The van der Waals surface area contributed by atoms with Crippen molar-refractivity contribution >= 4 is 25.7 Å². The Morgan fingerprint density at radius 2 is 0.667 bits per heavy atom. The number of carbonyl (C=O) groups is 3. The second kappa shape index (κ2) is 59.5. The van der Waals surface area contributed by atoms with E-state index < -0.39 is 57.8 Å². The molecule has 0 amide bonds. The fourth-order valence-electron chi connectivity index (χ4n) is 8.23. The number of aliphatic hydroxyl groups is 1. The summed E-state index contributed by atoms with van der Waals surface area (Å²) < 4.78 is 39.6. The molecule has 2 N–H and O–H groups in total. The molecule has 78 heavy (non-hydrogen) atoms.